The normalized spacial score (nSPS) is 23.1. The first-order valence-corrected chi connectivity index (χ1v) is 22.2. The van der Waals surface area contributed by atoms with Gasteiger partial charge in [0.1, 0.15) is 23.7 Å². The number of alkyl carbamates (subject to hydrolysis) is 1. The molecule has 6 atom stereocenters. The third-order valence-electron chi connectivity index (χ3n) is 14.5. The maximum atomic E-state index is 16.6. The van der Waals surface area contributed by atoms with Gasteiger partial charge in [-0.2, -0.15) is 8.78 Å². The fraction of sp³-hybridized carbons (Fsp3) is 0.458. The zero-order valence-corrected chi connectivity index (χ0v) is 36.4. The Morgan fingerprint density at radius 2 is 1.50 bits per heavy atom. The Bertz CT molecular complexity index is 2720. The number of carbonyl (C=O) groups is 4. The van der Waals surface area contributed by atoms with Gasteiger partial charge in [0.15, 0.2) is 0 Å². The maximum absolute atomic E-state index is 16.6. The summed E-state index contributed by atoms with van der Waals surface area (Å²) in [6, 6.07) is 13.5. The van der Waals surface area contributed by atoms with E-state index in [-0.39, 0.29) is 64.2 Å². The van der Waals surface area contributed by atoms with Crippen molar-refractivity contribution in [2.24, 2.45) is 23.2 Å². The number of imidazole rings is 2. The summed E-state index contributed by atoms with van der Waals surface area (Å²) in [7, 11) is 1.26. The second-order valence-corrected chi connectivity index (χ2v) is 19.3. The molecule has 4 heterocycles. The molecule has 3 aromatic carbocycles. The first kappa shape index (κ1) is 41.7. The van der Waals surface area contributed by atoms with Gasteiger partial charge in [-0.15, -0.1) is 0 Å². The van der Waals surface area contributed by atoms with Gasteiger partial charge >= 0.3 is 12.2 Å². The largest absolute Gasteiger partial charge is 0.465 e. The van der Waals surface area contributed by atoms with Gasteiger partial charge in [-0.25, -0.2) is 19.6 Å². The number of rotatable bonds is 10. The van der Waals surface area contributed by atoms with E-state index < -0.39 is 30.2 Å². The minimum Gasteiger partial charge on any atom is -0.465 e. The molecule has 14 nitrogen and oxygen atoms in total. The minimum atomic E-state index is -3.29. The number of piperidine rings is 1. The van der Waals surface area contributed by atoms with E-state index in [4.69, 9.17) is 14.7 Å². The molecular formula is C48H52F2N8O6. The van der Waals surface area contributed by atoms with E-state index in [1.807, 2.05) is 62.9 Å². The van der Waals surface area contributed by atoms with Crippen LogP contribution < -0.4 is 10.6 Å². The number of aromatic amines is 2. The summed E-state index contributed by atoms with van der Waals surface area (Å²) in [4.78, 5) is 71.7. The van der Waals surface area contributed by atoms with Crippen LogP contribution in [0.1, 0.15) is 101 Å². The number of hydrogen-bond acceptors (Lipinski definition) is 7. The monoisotopic (exact) mass is 874 g/mol. The molecule has 5 aliphatic rings. The van der Waals surface area contributed by atoms with E-state index in [1.54, 1.807) is 29.3 Å². The quantitative estimate of drug-likeness (QED) is 0.0924. The fourth-order valence-electron chi connectivity index (χ4n) is 11.0. The van der Waals surface area contributed by atoms with E-state index in [1.165, 1.54) is 13.2 Å². The van der Waals surface area contributed by atoms with Crippen molar-refractivity contribution in [1.82, 2.24) is 40.4 Å². The number of ether oxygens (including phenoxy) is 1. The van der Waals surface area contributed by atoms with Crippen LogP contribution in [0.15, 0.2) is 60.8 Å². The number of fused-ring (bicyclic) bond motifs is 6. The summed E-state index contributed by atoms with van der Waals surface area (Å²) >= 11 is 0. The summed E-state index contributed by atoms with van der Waals surface area (Å²) in [6.45, 7) is 7.94. The molecule has 4 fully saturated rings. The van der Waals surface area contributed by atoms with Crippen LogP contribution in [0.5, 0.6) is 0 Å². The van der Waals surface area contributed by atoms with E-state index in [9.17, 15) is 24.3 Å². The zero-order valence-electron chi connectivity index (χ0n) is 36.4. The Labute approximate surface area is 368 Å². The van der Waals surface area contributed by atoms with Crippen molar-refractivity contribution in [3.63, 3.8) is 0 Å². The van der Waals surface area contributed by atoms with Crippen LogP contribution in [0, 0.1) is 23.2 Å². The van der Waals surface area contributed by atoms with Crippen LogP contribution >= 0.6 is 0 Å². The Morgan fingerprint density at radius 1 is 0.844 bits per heavy atom. The fourth-order valence-corrected chi connectivity index (χ4v) is 11.0. The number of methoxy groups -OCH3 is 1. The number of hydrogen-bond donors (Lipinski definition) is 5. The summed E-state index contributed by atoms with van der Waals surface area (Å²) in [5.74, 6) is -2.79. The van der Waals surface area contributed by atoms with Crippen LogP contribution in [0.4, 0.5) is 18.4 Å². The van der Waals surface area contributed by atoms with Crippen molar-refractivity contribution in [1.29, 1.82) is 0 Å². The van der Waals surface area contributed by atoms with Crippen molar-refractivity contribution < 1.29 is 37.8 Å². The number of nitrogens with one attached hydrogen (secondary N) is 4. The number of nitrogens with zero attached hydrogens (tertiary/aromatic N) is 4. The number of H-pyrrole nitrogens is 2. The molecule has 0 radical (unpaired) electrons. The molecular weight excluding hydrogens is 823 g/mol. The highest BCUT2D eigenvalue weighted by molar-refractivity contribution is 5.89. The summed E-state index contributed by atoms with van der Waals surface area (Å²) in [5, 5.41) is 14.6. The minimum absolute atomic E-state index is 0.00484. The van der Waals surface area contributed by atoms with Gasteiger partial charge in [-0.1, -0.05) is 58.0 Å². The molecule has 2 saturated heterocycles. The number of halogens is 2. The van der Waals surface area contributed by atoms with Crippen molar-refractivity contribution >= 4 is 35.0 Å². The van der Waals surface area contributed by atoms with Crippen LogP contribution in [0.3, 0.4) is 0 Å². The number of alkyl halides is 2. The number of amides is 4. The molecule has 5 aromatic rings. The molecule has 4 amide bonds. The summed E-state index contributed by atoms with van der Waals surface area (Å²) < 4.78 is 38.1. The van der Waals surface area contributed by atoms with Gasteiger partial charge in [-0.3, -0.25) is 9.59 Å². The predicted molar refractivity (Wildman–Crippen MR) is 233 cm³/mol. The lowest BCUT2D eigenvalue weighted by atomic mass is 9.95. The lowest BCUT2D eigenvalue weighted by molar-refractivity contribution is -0.139. The maximum Gasteiger partial charge on any atom is 0.407 e. The van der Waals surface area contributed by atoms with Crippen molar-refractivity contribution in [2.75, 3.05) is 13.7 Å². The molecule has 10 rings (SSSR count). The zero-order chi connectivity index (χ0) is 45.0. The van der Waals surface area contributed by atoms with Crippen LogP contribution in [0.25, 0.3) is 44.5 Å². The summed E-state index contributed by atoms with van der Waals surface area (Å²) in [6.07, 6.45) is 5.05. The molecule has 16 heteroatoms. The van der Waals surface area contributed by atoms with Crippen molar-refractivity contribution in [3.05, 3.63) is 83.6 Å². The third kappa shape index (κ3) is 6.87. The average Bonchev–Trinajstić information content (AvgIpc) is 3.93. The van der Waals surface area contributed by atoms with Gasteiger partial charge in [0.2, 0.25) is 11.8 Å². The Hall–Kier alpha value is -6.32. The van der Waals surface area contributed by atoms with E-state index >= 15 is 8.78 Å². The van der Waals surface area contributed by atoms with E-state index in [0.29, 0.717) is 57.2 Å². The molecule has 2 saturated carbocycles. The molecule has 1 spiro atoms. The number of benzene rings is 3. The van der Waals surface area contributed by atoms with Gasteiger partial charge < -0.3 is 40.2 Å². The number of likely N-dealkylation sites (tertiary alicyclic amines) is 2. The lowest BCUT2D eigenvalue weighted by Gasteiger charge is -2.37. The first-order chi connectivity index (χ1) is 30.6. The van der Waals surface area contributed by atoms with Gasteiger partial charge in [0.05, 0.1) is 42.1 Å². The Morgan fingerprint density at radius 3 is 2.17 bits per heavy atom. The van der Waals surface area contributed by atoms with Crippen LogP contribution in [-0.4, -0.2) is 90.6 Å². The highest BCUT2D eigenvalue weighted by Gasteiger charge is 2.56. The molecule has 2 bridgehead atoms. The molecule has 3 aliphatic carbocycles. The van der Waals surface area contributed by atoms with Gasteiger partial charge in [0, 0.05) is 29.3 Å². The average molecular weight is 875 g/mol. The highest BCUT2D eigenvalue weighted by atomic mass is 19.3. The number of carboxylic acid groups (broad SMARTS) is 1. The number of carbonyl (C=O) groups excluding carboxylic acids is 3. The van der Waals surface area contributed by atoms with E-state index in [2.05, 4.69) is 20.6 Å². The Balaban J connectivity index is 0.899. The summed E-state index contributed by atoms with van der Waals surface area (Å²) in [5.41, 5.74) is 4.56. The highest BCUT2D eigenvalue weighted by Crippen LogP contribution is 2.59. The second-order valence-electron chi connectivity index (χ2n) is 19.3. The molecule has 2 aromatic heterocycles. The SMILES string of the molecule is COC(=O)NC(C(=O)N1CC2(CC2)CC1c1ncc(-c2ccc3c(c2)C(F)(F)c2cc(-c4ccc5nc(C6C7CCC(C7)N6C(=O)C(NC(=O)O)C(C)C)[nH]c5c4)ccc2-3)[nH]1)C(C)C. The lowest BCUT2D eigenvalue weighted by Crippen LogP contribution is -2.53. The number of aromatic nitrogens is 4. The molecule has 2 aliphatic heterocycles. The molecule has 64 heavy (non-hydrogen) atoms. The first-order valence-electron chi connectivity index (χ1n) is 22.2. The topological polar surface area (TPSA) is 186 Å². The molecule has 5 N–H and O–H groups in total. The van der Waals surface area contributed by atoms with Gasteiger partial charge in [-0.05, 0) is 108 Å². The third-order valence-corrected chi connectivity index (χ3v) is 14.5. The molecule has 334 valence electrons. The standard InChI is InChI=1S/C48H52F2N8O6/c1-23(2)38(56-46(63)64-5)43(59)57-22-47(14-15-47)20-37(57)41-51-21-36(54-41)27-8-12-31-30-11-7-25(17-32(30)48(49,50)33(31)18-27)26-9-13-34-35(19-26)53-42(52-34)40-28-6-10-29(16-28)58(40)44(60)39(24(3)4)55-45(61)62/h7-9,11-13,17-19,21,23-24,28-29,37-40,55H,6,10,14-16,20,22H2,1-5H3,(H,51,54)(H,52,53)(H,56,63)(H,61,62). The van der Waals surface area contributed by atoms with Crippen molar-refractivity contribution in [2.45, 2.75) is 102 Å². The van der Waals surface area contributed by atoms with Crippen LogP contribution in [-0.2, 0) is 20.2 Å². The predicted octanol–water partition coefficient (Wildman–Crippen LogP) is 8.52. The Kier molecular flexibility index (Phi) is 9.87. The van der Waals surface area contributed by atoms with Gasteiger partial charge in [0.25, 0.3) is 5.92 Å². The van der Waals surface area contributed by atoms with Crippen LogP contribution in [0.2, 0.25) is 0 Å². The molecule has 6 unspecified atom stereocenters. The van der Waals surface area contributed by atoms with E-state index in [0.717, 1.165) is 44.1 Å². The smallest absolute Gasteiger partial charge is 0.407 e. The van der Waals surface area contributed by atoms with Crippen molar-refractivity contribution in [3.8, 4) is 33.5 Å². The second kappa shape index (κ2) is 15.2.